The molecule has 2 aromatic heterocycles. The lowest BCUT2D eigenvalue weighted by molar-refractivity contribution is -0.117. The number of benzene rings is 1. The average molecular weight is 438 g/mol. The van der Waals surface area contributed by atoms with E-state index >= 15 is 0 Å². The van der Waals surface area contributed by atoms with Gasteiger partial charge in [0.15, 0.2) is 15.5 Å². The molecule has 1 amide bonds. The van der Waals surface area contributed by atoms with Crippen molar-refractivity contribution in [3.63, 3.8) is 0 Å². The van der Waals surface area contributed by atoms with Gasteiger partial charge in [-0.3, -0.25) is 4.79 Å². The van der Waals surface area contributed by atoms with E-state index in [1.54, 1.807) is 19.1 Å². The van der Waals surface area contributed by atoms with E-state index in [1.807, 2.05) is 0 Å². The van der Waals surface area contributed by atoms with Crippen LogP contribution >= 0.6 is 11.6 Å². The number of nitrogens with zero attached hydrogens (tertiary/aromatic N) is 2. The minimum atomic E-state index is -3.56. The van der Waals surface area contributed by atoms with E-state index < -0.39 is 27.8 Å². The molecule has 4 rings (SSSR count). The van der Waals surface area contributed by atoms with E-state index in [9.17, 15) is 17.6 Å². The highest BCUT2D eigenvalue weighted by molar-refractivity contribution is 7.90. The van der Waals surface area contributed by atoms with Crippen molar-refractivity contribution in [2.75, 3.05) is 16.9 Å². The van der Waals surface area contributed by atoms with Crippen LogP contribution in [0.2, 0.25) is 5.02 Å². The normalized spacial score (nSPS) is 18.6. The average Bonchev–Trinajstić information content (AvgIpc) is 3.23. The predicted molar refractivity (Wildman–Crippen MR) is 108 cm³/mol. The van der Waals surface area contributed by atoms with E-state index in [0.717, 1.165) is 6.26 Å². The summed E-state index contributed by atoms with van der Waals surface area (Å²) >= 11 is 5.96. The third-order valence-electron chi connectivity index (χ3n) is 4.48. The SMILES string of the molecule is Cc1nc2c(Nc3ccc(Cl)cc3S(C)(=O)=O)cc(NC(=O)[C@H]3C[C@H]3F)nc2[nH]1. The standard InChI is InChI=1S/C18H17ClFN5O3S/c1-8-21-16-13(23-12-4-3-9(19)5-14(12)29(2,27)28)7-15(24-17(16)22-8)25-18(26)10-6-11(10)20/h3-5,7,10-11H,6H2,1-2H3,(H3,21,22,23,24,25,26)/t10-,11+/m0/s1. The highest BCUT2D eigenvalue weighted by atomic mass is 35.5. The number of hydrogen-bond donors (Lipinski definition) is 3. The summed E-state index contributed by atoms with van der Waals surface area (Å²) in [6, 6.07) is 5.98. The minimum absolute atomic E-state index is 0.0195. The van der Waals surface area contributed by atoms with E-state index in [-0.39, 0.29) is 22.2 Å². The number of rotatable bonds is 5. The molecule has 2 heterocycles. The Morgan fingerprint density at radius 3 is 2.66 bits per heavy atom. The fourth-order valence-electron chi connectivity index (χ4n) is 2.97. The number of halogens is 2. The minimum Gasteiger partial charge on any atom is -0.352 e. The van der Waals surface area contributed by atoms with E-state index in [1.165, 1.54) is 12.1 Å². The van der Waals surface area contributed by atoms with Gasteiger partial charge in [0.1, 0.15) is 23.3 Å². The monoisotopic (exact) mass is 437 g/mol. The van der Waals surface area contributed by atoms with Crippen molar-refractivity contribution in [1.82, 2.24) is 15.0 Å². The molecule has 0 radical (unpaired) electrons. The molecule has 1 aromatic carbocycles. The third kappa shape index (κ3) is 4.03. The second kappa shape index (κ2) is 6.96. The van der Waals surface area contributed by atoms with Crippen molar-refractivity contribution >= 4 is 55.7 Å². The first-order valence-electron chi connectivity index (χ1n) is 8.71. The largest absolute Gasteiger partial charge is 0.352 e. The van der Waals surface area contributed by atoms with Crippen molar-refractivity contribution in [2.45, 2.75) is 24.4 Å². The zero-order valence-corrected chi connectivity index (χ0v) is 17.0. The van der Waals surface area contributed by atoms with Gasteiger partial charge >= 0.3 is 0 Å². The van der Waals surface area contributed by atoms with Gasteiger partial charge in [0.2, 0.25) is 5.91 Å². The van der Waals surface area contributed by atoms with Gasteiger partial charge in [-0.1, -0.05) is 11.6 Å². The first kappa shape index (κ1) is 19.6. The molecule has 0 unspecified atom stereocenters. The summed E-state index contributed by atoms with van der Waals surface area (Å²) in [6.07, 6.45) is 0.154. The Balaban J connectivity index is 1.76. The fourth-order valence-corrected chi connectivity index (χ4v) is 4.07. The molecule has 2 atom stereocenters. The quantitative estimate of drug-likeness (QED) is 0.563. The number of aryl methyl sites for hydroxylation is 1. The highest BCUT2D eigenvalue weighted by Gasteiger charge is 2.43. The molecular weight excluding hydrogens is 421 g/mol. The van der Waals surface area contributed by atoms with Crippen molar-refractivity contribution in [1.29, 1.82) is 0 Å². The molecule has 1 fully saturated rings. The maximum Gasteiger partial charge on any atom is 0.231 e. The smallest absolute Gasteiger partial charge is 0.231 e. The van der Waals surface area contributed by atoms with Crippen LogP contribution in [0.1, 0.15) is 12.2 Å². The second-order valence-electron chi connectivity index (χ2n) is 6.96. The first-order chi connectivity index (χ1) is 13.6. The Morgan fingerprint density at radius 1 is 1.28 bits per heavy atom. The van der Waals surface area contributed by atoms with Crippen LogP contribution in [-0.2, 0) is 14.6 Å². The molecule has 152 valence electrons. The number of hydrogen-bond acceptors (Lipinski definition) is 6. The van der Waals surface area contributed by atoms with Gasteiger partial charge in [0.25, 0.3) is 0 Å². The molecule has 3 aromatic rings. The van der Waals surface area contributed by atoms with Crippen LogP contribution in [0, 0.1) is 12.8 Å². The zero-order valence-electron chi connectivity index (χ0n) is 15.5. The van der Waals surface area contributed by atoms with Crippen LogP contribution in [0.4, 0.5) is 21.6 Å². The van der Waals surface area contributed by atoms with Gasteiger partial charge in [-0.2, -0.15) is 0 Å². The molecule has 1 saturated carbocycles. The predicted octanol–water partition coefficient (Wildman–Crippen LogP) is 3.36. The Morgan fingerprint density at radius 2 is 2.00 bits per heavy atom. The first-order valence-corrected chi connectivity index (χ1v) is 11.0. The molecular formula is C18H17ClFN5O3S. The topological polar surface area (TPSA) is 117 Å². The second-order valence-corrected chi connectivity index (χ2v) is 9.38. The Bertz CT molecular complexity index is 1240. The third-order valence-corrected chi connectivity index (χ3v) is 5.86. The van der Waals surface area contributed by atoms with Crippen molar-refractivity contribution in [2.24, 2.45) is 5.92 Å². The fraction of sp³-hybridized carbons (Fsp3) is 0.278. The van der Waals surface area contributed by atoms with Crippen molar-refractivity contribution in [3.05, 3.63) is 35.1 Å². The van der Waals surface area contributed by atoms with Crippen molar-refractivity contribution < 1.29 is 17.6 Å². The molecule has 0 spiro atoms. The van der Waals surface area contributed by atoms with Gasteiger partial charge < -0.3 is 15.6 Å². The van der Waals surface area contributed by atoms with Gasteiger partial charge in [-0.25, -0.2) is 22.8 Å². The molecule has 1 aliphatic carbocycles. The Kier molecular flexibility index (Phi) is 4.70. The molecule has 29 heavy (non-hydrogen) atoms. The van der Waals surface area contributed by atoms with Crippen LogP contribution < -0.4 is 10.6 Å². The summed E-state index contributed by atoms with van der Waals surface area (Å²) < 4.78 is 37.5. The van der Waals surface area contributed by atoms with Gasteiger partial charge in [0, 0.05) is 17.3 Å². The number of aromatic amines is 1. The molecule has 0 bridgehead atoms. The van der Waals surface area contributed by atoms with Crippen LogP contribution in [0.5, 0.6) is 0 Å². The lowest BCUT2D eigenvalue weighted by atomic mass is 10.2. The number of alkyl halides is 1. The summed E-state index contributed by atoms with van der Waals surface area (Å²) in [7, 11) is -3.56. The molecule has 3 N–H and O–H groups in total. The number of fused-ring (bicyclic) bond motifs is 1. The van der Waals surface area contributed by atoms with E-state index in [2.05, 4.69) is 25.6 Å². The zero-order chi connectivity index (χ0) is 20.9. The van der Waals surface area contributed by atoms with Crippen LogP contribution in [0.15, 0.2) is 29.2 Å². The van der Waals surface area contributed by atoms with Crippen LogP contribution in [-0.4, -0.2) is 41.7 Å². The lowest BCUT2D eigenvalue weighted by Crippen LogP contribution is -2.16. The number of carbonyl (C=O) groups excluding carboxylic acids is 1. The number of aromatic nitrogens is 3. The molecule has 0 saturated heterocycles. The van der Waals surface area contributed by atoms with Gasteiger partial charge in [0.05, 0.1) is 22.2 Å². The van der Waals surface area contributed by atoms with Crippen molar-refractivity contribution in [3.8, 4) is 0 Å². The number of pyridine rings is 1. The summed E-state index contributed by atoms with van der Waals surface area (Å²) in [5.41, 5.74) is 1.58. The summed E-state index contributed by atoms with van der Waals surface area (Å²) in [5.74, 6) is -0.331. The summed E-state index contributed by atoms with van der Waals surface area (Å²) in [4.78, 5) is 23.8. The number of sulfone groups is 1. The maximum atomic E-state index is 13.2. The molecule has 11 heteroatoms. The molecule has 1 aliphatic rings. The van der Waals surface area contributed by atoms with Crippen LogP contribution in [0.25, 0.3) is 11.2 Å². The number of amides is 1. The summed E-state index contributed by atoms with van der Waals surface area (Å²) in [5, 5.41) is 5.92. The highest BCUT2D eigenvalue weighted by Crippen LogP contribution is 2.36. The van der Waals surface area contributed by atoms with Gasteiger partial charge in [-0.05, 0) is 31.5 Å². The molecule has 8 nitrogen and oxygen atoms in total. The maximum absolute atomic E-state index is 13.2. The number of nitrogens with one attached hydrogen (secondary N) is 3. The van der Waals surface area contributed by atoms with Gasteiger partial charge in [-0.15, -0.1) is 0 Å². The number of imidazole rings is 1. The Labute approximate surface area is 170 Å². The summed E-state index contributed by atoms with van der Waals surface area (Å²) in [6.45, 7) is 1.74. The van der Waals surface area contributed by atoms with E-state index in [4.69, 9.17) is 11.6 Å². The Hall–Kier alpha value is -2.72. The van der Waals surface area contributed by atoms with Crippen LogP contribution in [0.3, 0.4) is 0 Å². The number of carbonyl (C=O) groups is 1. The van der Waals surface area contributed by atoms with E-state index in [0.29, 0.717) is 28.4 Å². The number of anilines is 3. The lowest BCUT2D eigenvalue weighted by Gasteiger charge is -2.13. The molecule has 0 aliphatic heterocycles. The number of H-pyrrole nitrogens is 1.